The molecule has 1 N–H and O–H groups in total. The van der Waals surface area contributed by atoms with Crippen LogP contribution in [0.15, 0.2) is 34.9 Å². The molecule has 6 heteroatoms. The number of benzene rings is 1. The number of piperazine rings is 1. The van der Waals surface area contributed by atoms with Gasteiger partial charge in [-0.1, -0.05) is 48.8 Å². The van der Waals surface area contributed by atoms with Gasteiger partial charge in [0.2, 0.25) is 5.76 Å². The zero-order valence-corrected chi connectivity index (χ0v) is 14.0. The molecular weight excluding hydrogens is 314 g/mol. The lowest BCUT2D eigenvalue weighted by molar-refractivity contribution is 0.0592. The number of halogens is 1. The van der Waals surface area contributed by atoms with Gasteiger partial charge in [0.25, 0.3) is 5.91 Å². The van der Waals surface area contributed by atoms with Crippen LogP contribution in [0.5, 0.6) is 0 Å². The summed E-state index contributed by atoms with van der Waals surface area (Å²) in [7, 11) is 0. The maximum atomic E-state index is 12.9. The van der Waals surface area contributed by atoms with E-state index in [0.717, 1.165) is 17.8 Å². The van der Waals surface area contributed by atoms with Crippen molar-refractivity contribution in [2.75, 3.05) is 19.6 Å². The van der Waals surface area contributed by atoms with Gasteiger partial charge in [-0.3, -0.25) is 4.79 Å². The molecule has 2 heterocycles. The van der Waals surface area contributed by atoms with Gasteiger partial charge in [0, 0.05) is 30.7 Å². The van der Waals surface area contributed by atoms with Crippen LogP contribution in [0, 0.1) is 0 Å². The molecule has 3 rings (SSSR count). The molecule has 1 aromatic carbocycles. The lowest BCUT2D eigenvalue weighted by Crippen LogP contribution is -2.48. The minimum atomic E-state index is -0.143. The van der Waals surface area contributed by atoms with E-state index in [1.54, 1.807) is 6.07 Å². The topological polar surface area (TPSA) is 58.4 Å². The first-order valence-electron chi connectivity index (χ1n) is 7.80. The number of amides is 1. The Balaban J connectivity index is 1.89. The molecule has 1 amide bonds. The van der Waals surface area contributed by atoms with Crippen molar-refractivity contribution in [2.45, 2.75) is 25.8 Å². The maximum absolute atomic E-state index is 12.9. The summed E-state index contributed by atoms with van der Waals surface area (Å²) in [6.45, 7) is 6.05. The third-order valence-electron chi connectivity index (χ3n) is 4.10. The second-order valence-corrected chi connectivity index (χ2v) is 6.42. The van der Waals surface area contributed by atoms with Gasteiger partial charge >= 0.3 is 0 Å². The van der Waals surface area contributed by atoms with Crippen molar-refractivity contribution in [1.82, 2.24) is 15.4 Å². The summed E-state index contributed by atoms with van der Waals surface area (Å²) >= 11 is 6.32. The summed E-state index contributed by atoms with van der Waals surface area (Å²) in [5, 5.41) is 7.97. The number of rotatable bonds is 3. The van der Waals surface area contributed by atoms with Crippen LogP contribution in [0.1, 0.15) is 47.6 Å². The van der Waals surface area contributed by atoms with Gasteiger partial charge in [0.1, 0.15) is 0 Å². The van der Waals surface area contributed by atoms with Gasteiger partial charge < -0.3 is 14.7 Å². The number of aromatic nitrogens is 1. The monoisotopic (exact) mass is 333 g/mol. The van der Waals surface area contributed by atoms with Crippen LogP contribution in [0.2, 0.25) is 5.02 Å². The molecule has 0 aliphatic carbocycles. The summed E-state index contributed by atoms with van der Waals surface area (Å²) in [4.78, 5) is 14.7. The van der Waals surface area contributed by atoms with E-state index in [0.29, 0.717) is 18.1 Å². The second kappa shape index (κ2) is 6.72. The number of nitrogens with zero attached hydrogens (tertiary/aromatic N) is 2. The Morgan fingerprint density at radius 2 is 2.22 bits per heavy atom. The maximum Gasteiger partial charge on any atom is 0.293 e. The van der Waals surface area contributed by atoms with Crippen LogP contribution >= 0.6 is 11.6 Å². The number of carbonyl (C=O) groups is 1. The molecule has 0 bridgehead atoms. The van der Waals surface area contributed by atoms with E-state index in [2.05, 4.69) is 10.5 Å². The summed E-state index contributed by atoms with van der Waals surface area (Å²) in [6, 6.07) is 9.25. The fraction of sp³-hybridized carbons (Fsp3) is 0.412. The Kier molecular flexibility index (Phi) is 4.68. The minimum Gasteiger partial charge on any atom is -0.351 e. The van der Waals surface area contributed by atoms with Gasteiger partial charge in [-0.25, -0.2) is 0 Å². The lowest BCUT2D eigenvalue weighted by atomic mass is 10.0. The van der Waals surface area contributed by atoms with E-state index in [1.807, 2.05) is 43.0 Å². The molecule has 1 atom stereocenters. The largest absolute Gasteiger partial charge is 0.351 e. The van der Waals surface area contributed by atoms with Gasteiger partial charge in [-0.2, -0.15) is 0 Å². The Bertz CT molecular complexity index is 699. The van der Waals surface area contributed by atoms with E-state index in [4.69, 9.17) is 16.1 Å². The summed E-state index contributed by atoms with van der Waals surface area (Å²) in [5.41, 5.74) is 1.73. The molecule has 1 aliphatic heterocycles. The molecule has 1 aromatic heterocycles. The minimum absolute atomic E-state index is 0.113. The summed E-state index contributed by atoms with van der Waals surface area (Å²) in [6.07, 6.45) is 0. The van der Waals surface area contributed by atoms with Crippen molar-refractivity contribution in [3.8, 4) is 0 Å². The normalized spacial score (nSPS) is 18.4. The Morgan fingerprint density at radius 1 is 1.43 bits per heavy atom. The van der Waals surface area contributed by atoms with Gasteiger partial charge in [-0.05, 0) is 17.5 Å². The number of hydrogen-bond donors (Lipinski definition) is 1. The predicted octanol–water partition coefficient (Wildman–Crippen LogP) is 3.24. The molecule has 1 saturated heterocycles. The van der Waals surface area contributed by atoms with Crippen LogP contribution in [0.25, 0.3) is 0 Å². The zero-order valence-electron chi connectivity index (χ0n) is 13.3. The SMILES string of the molecule is CC(C)c1cc(C(=O)N2CCNCC2c2ccccc2Cl)on1. The van der Waals surface area contributed by atoms with Gasteiger partial charge in [-0.15, -0.1) is 0 Å². The molecule has 0 saturated carbocycles. The molecule has 1 unspecified atom stereocenters. The van der Waals surface area contributed by atoms with Crippen molar-refractivity contribution in [3.63, 3.8) is 0 Å². The van der Waals surface area contributed by atoms with Crippen molar-refractivity contribution in [3.05, 3.63) is 52.4 Å². The third kappa shape index (κ3) is 3.26. The predicted molar refractivity (Wildman–Crippen MR) is 88.7 cm³/mol. The number of nitrogens with one attached hydrogen (secondary N) is 1. The standard InChI is InChI=1S/C17H20ClN3O2/c1-11(2)14-9-16(23-20-14)17(22)21-8-7-19-10-15(21)12-5-3-4-6-13(12)18/h3-6,9,11,15,19H,7-8,10H2,1-2H3. The molecule has 0 spiro atoms. The van der Waals surface area contributed by atoms with Crippen molar-refractivity contribution < 1.29 is 9.32 Å². The van der Waals surface area contributed by atoms with E-state index in [-0.39, 0.29) is 23.6 Å². The Morgan fingerprint density at radius 3 is 2.91 bits per heavy atom. The summed E-state index contributed by atoms with van der Waals surface area (Å²) < 4.78 is 5.26. The van der Waals surface area contributed by atoms with E-state index < -0.39 is 0 Å². The van der Waals surface area contributed by atoms with Crippen molar-refractivity contribution >= 4 is 17.5 Å². The molecule has 23 heavy (non-hydrogen) atoms. The van der Waals surface area contributed by atoms with Crippen LogP contribution in [-0.2, 0) is 0 Å². The molecule has 1 fully saturated rings. The highest BCUT2D eigenvalue weighted by Gasteiger charge is 2.31. The highest BCUT2D eigenvalue weighted by molar-refractivity contribution is 6.31. The first kappa shape index (κ1) is 16.0. The average Bonchev–Trinajstić information content (AvgIpc) is 3.05. The number of hydrogen-bond acceptors (Lipinski definition) is 4. The van der Waals surface area contributed by atoms with E-state index >= 15 is 0 Å². The van der Waals surface area contributed by atoms with Crippen molar-refractivity contribution in [2.24, 2.45) is 0 Å². The first-order valence-corrected chi connectivity index (χ1v) is 8.18. The van der Waals surface area contributed by atoms with Gasteiger partial charge in [0.15, 0.2) is 0 Å². The average molecular weight is 334 g/mol. The first-order chi connectivity index (χ1) is 11.1. The third-order valence-corrected chi connectivity index (χ3v) is 4.44. The fourth-order valence-corrected chi connectivity index (χ4v) is 3.04. The highest BCUT2D eigenvalue weighted by Crippen LogP contribution is 2.30. The molecule has 122 valence electrons. The Hall–Kier alpha value is -1.85. The molecule has 5 nitrogen and oxygen atoms in total. The molecule has 2 aromatic rings. The van der Waals surface area contributed by atoms with Crippen LogP contribution in [-0.4, -0.2) is 35.6 Å². The quantitative estimate of drug-likeness (QED) is 0.936. The molecule has 0 radical (unpaired) electrons. The molecule has 1 aliphatic rings. The van der Waals surface area contributed by atoms with Gasteiger partial charge in [0.05, 0.1) is 11.7 Å². The smallest absolute Gasteiger partial charge is 0.293 e. The highest BCUT2D eigenvalue weighted by atomic mass is 35.5. The zero-order chi connectivity index (χ0) is 16.4. The van der Waals surface area contributed by atoms with E-state index in [9.17, 15) is 4.79 Å². The van der Waals surface area contributed by atoms with Crippen LogP contribution in [0.3, 0.4) is 0 Å². The van der Waals surface area contributed by atoms with Crippen LogP contribution in [0.4, 0.5) is 0 Å². The lowest BCUT2D eigenvalue weighted by Gasteiger charge is -2.36. The Labute approximate surface area is 140 Å². The summed E-state index contributed by atoms with van der Waals surface area (Å²) in [5.74, 6) is 0.367. The second-order valence-electron chi connectivity index (χ2n) is 6.01. The fourth-order valence-electron chi connectivity index (χ4n) is 2.77. The van der Waals surface area contributed by atoms with E-state index in [1.165, 1.54) is 0 Å². The number of carbonyl (C=O) groups excluding carboxylic acids is 1. The molecular formula is C17H20ClN3O2. The van der Waals surface area contributed by atoms with Crippen LogP contribution < -0.4 is 5.32 Å². The van der Waals surface area contributed by atoms with Crippen molar-refractivity contribution in [1.29, 1.82) is 0 Å².